The number of ether oxygens (including phenoxy) is 1. The maximum atomic E-state index is 15.3. The number of hydrogen-bond donors (Lipinski definition) is 17. The number of unbranched alkanes of at least 4 members (excludes halogenated alkanes) is 1. The second-order valence-corrected chi connectivity index (χ2v) is 27.1. The van der Waals surface area contributed by atoms with Crippen molar-refractivity contribution in [2.75, 3.05) is 56.5 Å². The van der Waals surface area contributed by atoms with E-state index in [1.807, 2.05) is 0 Å². The largest absolute Gasteiger partial charge is 0.508 e. The van der Waals surface area contributed by atoms with Crippen molar-refractivity contribution in [2.45, 2.75) is 157 Å². The van der Waals surface area contributed by atoms with Gasteiger partial charge in [-0.15, -0.1) is 0 Å². The number of nitrogens with one attached hydrogen (secondary N) is 10. The number of esters is 1. The Morgan fingerprint density at radius 3 is 1.86 bits per heavy atom. The lowest BCUT2D eigenvalue weighted by Crippen LogP contribution is -2.61. The van der Waals surface area contributed by atoms with Crippen molar-refractivity contribution in [3.8, 4) is 5.75 Å². The van der Waals surface area contributed by atoms with Gasteiger partial charge < -0.3 is 102 Å². The minimum Gasteiger partial charge on any atom is -0.508 e. The van der Waals surface area contributed by atoms with Crippen LogP contribution in [0.2, 0.25) is 0 Å². The van der Waals surface area contributed by atoms with Crippen LogP contribution in [-0.4, -0.2) is 225 Å². The van der Waals surface area contributed by atoms with Crippen LogP contribution < -0.4 is 81.8 Å². The van der Waals surface area contributed by atoms with Crippen LogP contribution in [0.5, 0.6) is 5.75 Å². The van der Waals surface area contributed by atoms with Gasteiger partial charge in [-0.25, -0.2) is 0 Å². The molecule has 0 aliphatic carbocycles. The highest BCUT2D eigenvalue weighted by Crippen LogP contribution is 2.29. The normalized spacial score (nSPS) is 21.2. The van der Waals surface area contributed by atoms with Gasteiger partial charge in [-0.2, -0.15) is 23.5 Å². The third-order valence-corrected chi connectivity index (χ3v) is 18.1. The van der Waals surface area contributed by atoms with E-state index in [4.69, 9.17) is 33.4 Å². The number of rotatable bonds is 30. The van der Waals surface area contributed by atoms with E-state index in [1.54, 1.807) is 51.1 Å². The number of carbonyl (C=O) groups excluding carboxylic acids is 15. The van der Waals surface area contributed by atoms with E-state index < -0.39 is 230 Å². The van der Waals surface area contributed by atoms with Crippen molar-refractivity contribution in [3.05, 3.63) is 65.7 Å². The molecule has 1 unspecified atom stereocenters. The molecule has 0 bridgehead atoms. The number of phenolic OH excluding ortho intramolecular Hbond substituents is 1. The highest BCUT2D eigenvalue weighted by molar-refractivity contribution is 8.03. The number of benzene rings is 2. The van der Waals surface area contributed by atoms with Gasteiger partial charge in [0.25, 0.3) is 0 Å². The molecule has 14 amide bonds. The highest BCUT2D eigenvalue weighted by atomic mass is 32.2. The minimum absolute atomic E-state index is 0.00486. The van der Waals surface area contributed by atoms with Crippen LogP contribution in [0.25, 0.3) is 0 Å². The van der Waals surface area contributed by atoms with Crippen molar-refractivity contribution in [1.82, 2.24) is 58.1 Å². The number of likely N-dealkylation sites (tertiary alicyclic amines) is 1. The number of aliphatic carboxylic acids is 1. The van der Waals surface area contributed by atoms with Gasteiger partial charge >= 0.3 is 11.9 Å². The summed E-state index contributed by atoms with van der Waals surface area (Å²) in [5, 5.41) is 44.6. The van der Waals surface area contributed by atoms with Gasteiger partial charge in [0.15, 0.2) is 0 Å². The van der Waals surface area contributed by atoms with E-state index in [9.17, 15) is 82.1 Å². The first kappa shape index (κ1) is 82.8. The first-order valence-corrected chi connectivity index (χ1v) is 34.4. The molecular weight excluding hydrogens is 1350 g/mol. The lowest BCUT2D eigenvalue weighted by Gasteiger charge is -2.32. The Morgan fingerprint density at radius 1 is 0.670 bits per heavy atom. The highest BCUT2D eigenvalue weighted by Gasteiger charge is 2.42. The zero-order chi connectivity index (χ0) is 74.2. The summed E-state index contributed by atoms with van der Waals surface area (Å²) in [6.07, 6.45) is -2.88. The minimum atomic E-state index is -1.99. The number of amides is 14. The van der Waals surface area contributed by atoms with Crippen molar-refractivity contribution in [1.29, 1.82) is 0 Å². The number of phenols is 1. The molecule has 4 rings (SSSR count). The van der Waals surface area contributed by atoms with Gasteiger partial charge in [-0.05, 0) is 95.5 Å². The fourth-order valence-corrected chi connectivity index (χ4v) is 13.0. The third-order valence-electron chi connectivity index (χ3n) is 15.3. The number of carboxylic acids is 1. The van der Waals surface area contributed by atoms with Crippen LogP contribution in [0.4, 0.5) is 0 Å². The summed E-state index contributed by atoms with van der Waals surface area (Å²) < 4.78 is 5.48. The zero-order valence-electron chi connectivity index (χ0n) is 55.8. The standard InChI is InChI=1S/C63H92N16O19S2/c1-63(2,3)98-53(87)25-36(62(96)97)24-38-31-99-32-44(72-52(86)30-70-51(85)29-69-50(84)27-65)59(93)76-42(23-35-14-16-37(80)17-15-35)57(91)75-41(22-34-10-5-4-6-11-34)56(90)73-40(18-19-47(66)81)55(89)77-43(26-48(67)82)58(92)78-45(33-100-38)61(95)79-21-9-13-46(79)60(94)74-39(12-7-8-20-64)54(88)71-28-49(68)83/h4-6,10-11,14-17,36,38-46,80H,7-9,12-13,18-33,64-65H2,1-3H3,(H2,66,81)(H2,67,82)(H2,68,83)(H,69,84)(H,70,85)(H,71,88)(H,72,86)(H,73,90)(H,74,94)(H,75,91)(H,76,93)(H,77,89)(H,78,92)(H,96,97)/t36-,38?,39+,40+,41+,42+,43+,44+,45+,46+/m1/s1. The maximum absolute atomic E-state index is 15.3. The van der Waals surface area contributed by atoms with Crippen LogP contribution in [0.15, 0.2) is 54.6 Å². The van der Waals surface area contributed by atoms with Gasteiger partial charge in [0.2, 0.25) is 82.7 Å². The number of aromatic hydroxyl groups is 1. The predicted octanol–water partition coefficient (Wildman–Crippen LogP) is -5.70. The fourth-order valence-electron chi connectivity index (χ4n) is 10.3. The number of hydrogen-bond acceptors (Lipinski definition) is 22. The van der Waals surface area contributed by atoms with Gasteiger partial charge in [-0.3, -0.25) is 76.7 Å². The molecule has 2 saturated heterocycles. The van der Waals surface area contributed by atoms with Crippen LogP contribution >= 0.6 is 23.5 Å². The number of nitrogens with two attached hydrogens (primary N) is 5. The van der Waals surface area contributed by atoms with Crippen molar-refractivity contribution >= 4 is 118 Å². The Morgan fingerprint density at radius 2 is 1.26 bits per heavy atom. The molecule has 2 aromatic carbocycles. The van der Waals surface area contributed by atoms with Crippen molar-refractivity contribution in [3.63, 3.8) is 0 Å². The Balaban J connectivity index is 1.97. The van der Waals surface area contributed by atoms with Crippen LogP contribution in [-0.2, 0) is 94.3 Å². The molecule has 22 N–H and O–H groups in total. The Bertz CT molecular complexity index is 3240. The second-order valence-electron chi connectivity index (χ2n) is 24.7. The predicted molar refractivity (Wildman–Crippen MR) is 362 cm³/mol. The molecule has 35 nitrogen and oxygen atoms in total. The molecule has 0 radical (unpaired) electrons. The zero-order valence-corrected chi connectivity index (χ0v) is 57.4. The van der Waals surface area contributed by atoms with Gasteiger partial charge in [-0.1, -0.05) is 42.5 Å². The smallest absolute Gasteiger partial charge is 0.307 e. The summed E-state index contributed by atoms with van der Waals surface area (Å²) in [6, 6.07) is 0.414. The van der Waals surface area contributed by atoms with Gasteiger partial charge in [0.05, 0.1) is 44.9 Å². The van der Waals surface area contributed by atoms with E-state index in [1.165, 1.54) is 24.3 Å². The fraction of sp³-hybridized carbons (Fsp3) is 0.556. The summed E-state index contributed by atoms with van der Waals surface area (Å²) in [4.78, 5) is 220. The molecule has 0 aromatic heterocycles. The monoisotopic (exact) mass is 1440 g/mol. The molecule has 10 atom stereocenters. The van der Waals surface area contributed by atoms with Crippen LogP contribution in [0.3, 0.4) is 0 Å². The van der Waals surface area contributed by atoms with E-state index in [0.29, 0.717) is 24.0 Å². The SMILES string of the molecule is CC(C)(C)OC(=O)C[C@@H](CC1CSC[C@H](NC(=O)CNC(=O)CNC(=O)CN)C(=O)N[C@@H](Cc2ccc(O)cc2)C(=O)N[C@@H](Cc2ccccc2)C(=O)N[C@@H](CCC(N)=O)C(=O)N[C@@H](CC(N)=O)C(=O)N[C@H](C(=O)N2CCC[C@H]2C(=O)N[C@@H](CCCCN)C(=O)NCC(N)=O)CS1)C(=O)O. The van der Waals surface area contributed by atoms with E-state index >= 15 is 4.79 Å². The van der Waals surface area contributed by atoms with Crippen LogP contribution in [0.1, 0.15) is 96.1 Å². The van der Waals surface area contributed by atoms with E-state index in [2.05, 4.69) is 53.2 Å². The molecule has 2 fully saturated rings. The lowest BCUT2D eigenvalue weighted by molar-refractivity contribution is -0.160. The second kappa shape index (κ2) is 41.7. The topological polar surface area (TPSA) is 576 Å². The Labute approximate surface area is 585 Å². The molecule has 2 aromatic rings. The molecule has 37 heteroatoms. The average Bonchev–Trinajstić information content (AvgIpc) is 1.58. The van der Waals surface area contributed by atoms with Crippen LogP contribution in [0, 0.1) is 5.92 Å². The molecular formula is C63H92N16O19S2. The summed E-state index contributed by atoms with van der Waals surface area (Å²) in [6.45, 7) is 2.36. The maximum Gasteiger partial charge on any atom is 0.307 e. The Hall–Kier alpha value is -9.62. The molecule has 100 heavy (non-hydrogen) atoms. The van der Waals surface area contributed by atoms with Gasteiger partial charge in [0, 0.05) is 48.3 Å². The van der Waals surface area contributed by atoms with Crippen molar-refractivity contribution < 1.29 is 91.7 Å². The molecule has 550 valence electrons. The average molecular weight is 1440 g/mol. The number of carboxylic acid groups (broad SMARTS) is 1. The molecule has 2 aliphatic rings. The Kier molecular flexibility index (Phi) is 34.5. The number of nitrogens with zero attached hydrogens (tertiary/aromatic N) is 1. The van der Waals surface area contributed by atoms with Crippen molar-refractivity contribution in [2.24, 2.45) is 34.6 Å². The molecule has 2 heterocycles. The first-order chi connectivity index (χ1) is 47.2. The number of carbonyl (C=O) groups is 16. The first-order valence-electron chi connectivity index (χ1n) is 32.2. The molecule has 0 spiro atoms. The van der Waals surface area contributed by atoms with E-state index in [0.717, 1.165) is 28.4 Å². The molecule has 0 saturated carbocycles. The summed E-state index contributed by atoms with van der Waals surface area (Å²) >= 11 is 1.76. The van der Waals surface area contributed by atoms with E-state index in [-0.39, 0.29) is 56.7 Å². The number of thioether (sulfide) groups is 2. The summed E-state index contributed by atoms with van der Waals surface area (Å²) in [7, 11) is 0. The molecule has 2 aliphatic heterocycles. The lowest BCUT2D eigenvalue weighted by atomic mass is 9.99. The summed E-state index contributed by atoms with van der Waals surface area (Å²) in [5.74, 6) is -19.0. The summed E-state index contributed by atoms with van der Waals surface area (Å²) in [5.41, 5.74) is 27.2. The number of primary amides is 3. The third kappa shape index (κ3) is 30.2. The quantitative estimate of drug-likeness (QED) is 0.0256. The van der Waals surface area contributed by atoms with Gasteiger partial charge in [0.1, 0.15) is 59.7 Å².